The highest BCUT2D eigenvalue weighted by Gasteiger charge is 2.26. The molecule has 88 valence electrons. The summed E-state index contributed by atoms with van der Waals surface area (Å²) in [7, 11) is 0. The first-order valence-electron chi connectivity index (χ1n) is 6.53. The third-order valence-corrected chi connectivity index (χ3v) is 3.88. The van der Waals surface area contributed by atoms with Crippen LogP contribution in [0.15, 0.2) is 0 Å². The fourth-order valence-corrected chi connectivity index (χ4v) is 2.93. The Balaban J connectivity index is 1.71. The van der Waals surface area contributed by atoms with E-state index in [-0.39, 0.29) is 0 Å². The lowest BCUT2D eigenvalue weighted by molar-refractivity contribution is -0.0600. The molecule has 0 heterocycles. The number of rotatable bonds is 2. The van der Waals surface area contributed by atoms with Crippen molar-refractivity contribution in [2.45, 2.75) is 76.7 Å². The van der Waals surface area contributed by atoms with E-state index in [1.54, 1.807) is 0 Å². The highest BCUT2D eigenvalue weighted by atomic mass is 19.1. The van der Waals surface area contributed by atoms with Crippen LogP contribution < -0.4 is 0 Å². The highest BCUT2D eigenvalue weighted by Crippen LogP contribution is 2.30. The van der Waals surface area contributed by atoms with Crippen LogP contribution in [0.3, 0.4) is 0 Å². The lowest BCUT2D eigenvalue weighted by Crippen LogP contribution is -2.30. The first-order chi connectivity index (χ1) is 7.24. The minimum absolute atomic E-state index is 0.354. The molecule has 2 saturated carbocycles. The molecule has 0 aromatic rings. The second kappa shape index (κ2) is 5.29. The summed E-state index contributed by atoms with van der Waals surface area (Å²) in [4.78, 5) is 0. The van der Waals surface area contributed by atoms with Crippen LogP contribution >= 0.6 is 0 Å². The molecule has 0 bridgehead atoms. The van der Waals surface area contributed by atoms with Gasteiger partial charge < -0.3 is 4.74 Å². The molecule has 2 aliphatic carbocycles. The van der Waals surface area contributed by atoms with Gasteiger partial charge in [-0.25, -0.2) is 4.39 Å². The molecule has 0 amide bonds. The molecular weight excluding hydrogens is 191 g/mol. The Kier molecular flexibility index (Phi) is 4.01. The van der Waals surface area contributed by atoms with Gasteiger partial charge in [-0.3, -0.25) is 0 Å². The maximum Gasteiger partial charge on any atom is 0.100 e. The van der Waals surface area contributed by atoms with Crippen LogP contribution in [-0.2, 0) is 4.74 Å². The van der Waals surface area contributed by atoms with Crippen molar-refractivity contribution in [3.05, 3.63) is 0 Å². The third-order valence-electron chi connectivity index (χ3n) is 3.88. The van der Waals surface area contributed by atoms with E-state index in [1.807, 2.05) is 0 Å². The monoisotopic (exact) mass is 214 g/mol. The van der Waals surface area contributed by atoms with Gasteiger partial charge in [-0.1, -0.05) is 19.8 Å². The van der Waals surface area contributed by atoms with Gasteiger partial charge in [0.05, 0.1) is 12.2 Å². The molecule has 0 aromatic carbocycles. The van der Waals surface area contributed by atoms with Gasteiger partial charge in [-0.05, 0) is 44.4 Å². The molecule has 0 spiro atoms. The van der Waals surface area contributed by atoms with Crippen LogP contribution in [0.25, 0.3) is 0 Å². The van der Waals surface area contributed by atoms with Crippen LogP contribution in [0.5, 0.6) is 0 Å². The fourth-order valence-electron chi connectivity index (χ4n) is 2.93. The molecule has 2 atom stereocenters. The fraction of sp³-hybridized carbons (Fsp3) is 1.00. The van der Waals surface area contributed by atoms with Gasteiger partial charge in [0.1, 0.15) is 6.17 Å². The summed E-state index contributed by atoms with van der Waals surface area (Å²) in [5, 5.41) is 0. The molecule has 0 N–H and O–H groups in total. The van der Waals surface area contributed by atoms with Crippen molar-refractivity contribution in [1.82, 2.24) is 0 Å². The van der Waals surface area contributed by atoms with Crippen LogP contribution in [-0.4, -0.2) is 18.4 Å². The van der Waals surface area contributed by atoms with E-state index in [9.17, 15) is 4.39 Å². The van der Waals surface area contributed by atoms with Crippen LogP contribution in [0.4, 0.5) is 4.39 Å². The molecule has 0 aliphatic heterocycles. The predicted octanol–water partition coefficient (Wildman–Crippen LogP) is 3.86. The zero-order chi connectivity index (χ0) is 10.7. The minimum atomic E-state index is -0.560. The van der Waals surface area contributed by atoms with Crippen molar-refractivity contribution >= 4 is 0 Å². The minimum Gasteiger partial charge on any atom is -0.375 e. The summed E-state index contributed by atoms with van der Waals surface area (Å²) in [5.41, 5.74) is 0. The Hall–Kier alpha value is -0.110. The van der Waals surface area contributed by atoms with Crippen molar-refractivity contribution in [1.29, 1.82) is 0 Å². The normalized spacial score (nSPS) is 42.8. The smallest absolute Gasteiger partial charge is 0.100 e. The lowest BCUT2D eigenvalue weighted by atomic mass is 9.88. The molecule has 2 heteroatoms. The second-order valence-corrected chi connectivity index (χ2v) is 5.40. The second-order valence-electron chi connectivity index (χ2n) is 5.40. The van der Waals surface area contributed by atoms with Gasteiger partial charge in [0.15, 0.2) is 0 Å². The average Bonchev–Trinajstić information content (AvgIpc) is 2.22. The van der Waals surface area contributed by atoms with Crippen molar-refractivity contribution < 1.29 is 9.13 Å². The zero-order valence-electron chi connectivity index (χ0n) is 9.75. The van der Waals surface area contributed by atoms with Crippen molar-refractivity contribution in [2.24, 2.45) is 5.92 Å². The highest BCUT2D eigenvalue weighted by molar-refractivity contribution is 4.76. The van der Waals surface area contributed by atoms with Crippen LogP contribution in [0, 0.1) is 5.92 Å². The molecule has 15 heavy (non-hydrogen) atoms. The molecule has 2 unspecified atom stereocenters. The van der Waals surface area contributed by atoms with Gasteiger partial charge in [-0.2, -0.15) is 0 Å². The number of alkyl halides is 1. The van der Waals surface area contributed by atoms with E-state index in [0.717, 1.165) is 18.8 Å². The van der Waals surface area contributed by atoms with Crippen molar-refractivity contribution in [2.75, 3.05) is 0 Å². The van der Waals surface area contributed by atoms with Gasteiger partial charge >= 0.3 is 0 Å². The summed E-state index contributed by atoms with van der Waals surface area (Å²) in [5.74, 6) is 0.821. The van der Waals surface area contributed by atoms with Gasteiger partial charge in [0.2, 0.25) is 0 Å². The standard InChI is InChI=1S/C13H23FO/c1-10-3-2-4-13(9-10)15-12-7-5-11(14)6-8-12/h10-13H,2-9H2,1H3. The summed E-state index contributed by atoms with van der Waals surface area (Å²) in [6, 6.07) is 0. The van der Waals surface area contributed by atoms with Crippen LogP contribution in [0.2, 0.25) is 0 Å². The Morgan fingerprint density at radius 1 is 0.933 bits per heavy atom. The summed E-state index contributed by atoms with van der Waals surface area (Å²) in [6.45, 7) is 2.31. The van der Waals surface area contributed by atoms with E-state index < -0.39 is 6.17 Å². The maximum atomic E-state index is 12.9. The Labute approximate surface area is 92.4 Å². The van der Waals surface area contributed by atoms with E-state index in [4.69, 9.17) is 4.74 Å². The van der Waals surface area contributed by atoms with Gasteiger partial charge in [0, 0.05) is 0 Å². The summed E-state index contributed by atoms with van der Waals surface area (Å²) >= 11 is 0. The molecule has 1 nitrogen and oxygen atoms in total. The average molecular weight is 214 g/mol. The quantitative estimate of drug-likeness (QED) is 0.678. The Morgan fingerprint density at radius 3 is 2.33 bits per heavy atom. The van der Waals surface area contributed by atoms with E-state index in [2.05, 4.69) is 6.92 Å². The largest absolute Gasteiger partial charge is 0.375 e. The first kappa shape index (κ1) is 11.4. The molecule has 0 saturated heterocycles. The topological polar surface area (TPSA) is 9.23 Å². The van der Waals surface area contributed by atoms with Gasteiger partial charge in [0.25, 0.3) is 0 Å². The Bertz CT molecular complexity index is 187. The van der Waals surface area contributed by atoms with Crippen molar-refractivity contribution in [3.8, 4) is 0 Å². The molecule has 0 aromatic heterocycles. The molecule has 0 radical (unpaired) electrons. The predicted molar refractivity (Wildman–Crippen MR) is 59.7 cm³/mol. The van der Waals surface area contributed by atoms with E-state index in [1.165, 1.54) is 25.7 Å². The number of ether oxygens (including phenoxy) is 1. The lowest BCUT2D eigenvalue weighted by Gasteiger charge is -2.32. The number of halogens is 1. The molecule has 2 fully saturated rings. The third kappa shape index (κ3) is 3.44. The van der Waals surface area contributed by atoms with Crippen molar-refractivity contribution in [3.63, 3.8) is 0 Å². The molecule has 2 rings (SSSR count). The number of hydrogen-bond donors (Lipinski definition) is 0. The number of hydrogen-bond acceptors (Lipinski definition) is 1. The zero-order valence-corrected chi connectivity index (χ0v) is 9.75. The van der Waals surface area contributed by atoms with Gasteiger partial charge in [-0.15, -0.1) is 0 Å². The Morgan fingerprint density at radius 2 is 1.67 bits per heavy atom. The molecule has 2 aliphatic rings. The van der Waals surface area contributed by atoms with E-state index >= 15 is 0 Å². The first-order valence-corrected chi connectivity index (χ1v) is 6.53. The molecular formula is C13H23FO. The van der Waals surface area contributed by atoms with Crippen LogP contribution in [0.1, 0.15) is 58.3 Å². The van der Waals surface area contributed by atoms with E-state index in [0.29, 0.717) is 25.0 Å². The maximum absolute atomic E-state index is 12.9. The SMILES string of the molecule is CC1CCCC(OC2CCC(F)CC2)C1. The summed E-state index contributed by atoms with van der Waals surface area (Å²) < 4.78 is 19.0. The summed E-state index contributed by atoms with van der Waals surface area (Å²) in [6.07, 6.45) is 8.67.